The molecule has 0 radical (unpaired) electrons. The first kappa shape index (κ1) is 15.9. The summed E-state index contributed by atoms with van der Waals surface area (Å²) in [5, 5.41) is 0. The highest BCUT2D eigenvalue weighted by Gasteiger charge is 2.20. The predicted octanol–water partition coefficient (Wildman–Crippen LogP) is 2.34. The van der Waals surface area contributed by atoms with Crippen molar-refractivity contribution in [3.8, 4) is 0 Å². The minimum atomic E-state index is -0.0837. The van der Waals surface area contributed by atoms with Crippen molar-refractivity contribution in [2.24, 2.45) is 11.1 Å². The average Bonchev–Trinajstić information content (AvgIpc) is 2.14. The minimum absolute atomic E-state index is 0.0709. The van der Waals surface area contributed by atoms with Crippen LogP contribution in [0.5, 0.6) is 0 Å². The third-order valence-electron chi connectivity index (χ3n) is 2.36. The normalized spacial score (nSPS) is 12.9. The van der Waals surface area contributed by atoms with Crippen molar-refractivity contribution in [1.29, 1.82) is 0 Å². The fourth-order valence-electron chi connectivity index (χ4n) is 1.80. The topological polar surface area (TPSA) is 46.3 Å². The lowest BCUT2D eigenvalue weighted by atomic mass is 9.87. The molecule has 2 N–H and O–H groups in total. The average molecular weight is 238 g/mol. The molecule has 17 heavy (non-hydrogen) atoms. The van der Waals surface area contributed by atoms with E-state index in [0.29, 0.717) is 19.5 Å². The Bertz CT molecular complexity index is 256. The number of rotatable bonds is 7. The van der Waals surface area contributed by atoms with E-state index in [4.69, 9.17) is 5.73 Å². The standard InChI is InChI=1S/C14H26N2O/c1-6-8-16(9-7-2)13(17)10-12(15)11-14(3,4)5/h6-7,12H,1-2,8-11,15H2,3-5H3. The molecule has 0 saturated carbocycles. The Kier molecular flexibility index (Phi) is 6.81. The molecular formula is C14H26N2O. The summed E-state index contributed by atoms with van der Waals surface area (Å²) in [6.45, 7) is 14.8. The number of hydrogen-bond acceptors (Lipinski definition) is 2. The van der Waals surface area contributed by atoms with Gasteiger partial charge in [0.05, 0.1) is 0 Å². The van der Waals surface area contributed by atoms with Crippen LogP contribution >= 0.6 is 0 Å². The quantitative estimate of drug-likeness (QED) is 0.692. The molecule has 0 aromatic heterocycles. The van der Waals surface area contributed by atoms with E-state index in [1.165, 1.54) is 0 Å². The summed E-state index contributed by atoms with van der Waals surface area (Å²) in [6.07, 6.45) is 4.67. The monoisotopic (exact) mass is 238 g/mol. The molecule has 0 aromatic rings. The largest absolute Gasteiger partial charge is 0.335 e. The Morgan fingerprint density at radius 1 is 1.29 bits per heavy atom. The molecule has 0 aliphatic carbocycles. The van der Waals surface area contributed by atoms with E-state index < -0.39 is 0 Å². The van der Waals surface area contributed by atoms with Gasteiger partial charge in [-0.15, -0.1) is 13.2 Å². The second-order valence-corrected chi connectivity index (χ2v) is 5.61. The number of carbonyl (C=O) groups is 1. The molecule has 0 saturated heterocycles. The molecule has 0 bridgehead atoms. The minimum Gasteiger partial charge on any atom is -0.335 e. The van der Waals surface area contributed by atoms with E-state index >= 15 is 0 Å². The second-order valence-electron chi connectivity index (χ2n) is 5.61. The molecule has 98 valence electrons. The SMILES string of the molecule is C=CCN(CC=C)C(=O)CC(N)CC(C)(C)C. The van der Waals surface area contributed by atoms with Crippen LogP contribution in [0, 0.1) is 5.41 Å². The third-order valence-corrected chi connectivity index (χ3v) is 2.36. The number of nitrogens with two attached hydrogens (primary N) is 1. The summed E-state index contributed by atoms with van der Waals surface area (Å²) in [6, 6.07) is -0.0837. The Hall–Kier alpha value is -1.09. The molecule has 0 fully saturated rings. The first-order valence-electron chi connectivity index (χ1n) is 6.05. The highest BCUT2D eigenvalue weighted by Crippen LogP contribution is 2.21. The Balaban J connectivity index is 4.29. The van der Waals surface area contributed by atoms with Crippen molar-refractivity contribution < 1.29 is 4.79 Å². The molecule has 3 nitrogen and oxygen atoms in total. The number of nitrogens with zero attached hydrogens (tertiary/aromatic N) is 1. The van der Waals surface area contributed by atoms with E-state index in [1.54, 1.807) is 17.1 Å². The molecule has 0 aliphatic rings. The van der Waals surface area contributed by atoms with Gasteiger partial charge < -0.3 is 10.6 Å². The van der Waals surface area contributed by atoms with Crippen LogP contribution in [0.4, 0.5) is 0 Å². The molecule has 0 aromatic carbocycles. The molecule has 3 heteroatoms. The van der Waals surface area contributed by atoms with Gasteiger partial charge in [-0.3, -0.25) is 4.79 Å². The van der Waals surface area contributed by atoms with Gasteiger partial charge >= 0.3 is 0 Å². The molecule has 0 spiro atoms. The lowest BCUT2D eigenvalue weighted by Gasteiger charge is -2.25. The van der Waals surface area contributed by atoms with Gasteiger partial charge in [-0.2, -0.15) is 0 Å². The van der Waals surface area contributed by atoms with Crippen molar-refractivity contribution in [2.75, 3.05) is 13.1 Å². The zero-order valence-electron chi connectivity index (χ0n) is 11.4. The van der Waals surface area contributed by atoms with Crippen molar-refractivity contribution in [3.05, 3.63) is 25.3 Å². The Morgan fingerprint density at radius 2 is 1.76 bits per heavy atom. The first-order valence-corrected chi connectivity index (χ1v) is 6.05. The van der Waals surface area contributed by atoms with Crippen LogP contribution in [0.15, 0.2) is 25.3 Å². The fraction of sp³-hybridized carbons (Fsp3) is 0.643. The van der Waals surface area contributed by atoms with Crippen molar-refractivity contribution >= 4 is 5.91 Å². The van der Waals surface area contributed by atoms with Gasteiger partial charge in [-0.05, 0) is 11.8 Å². The summed E-state index contributed by atoms with van der Waals surface area (Å²) in [4.78, 5) is 13.7. The van der Waals surface area contributed by atoms with Crippen LogP contribution in [-0.2, 0) is 4.79 Å². The molecule has 0 heterocycles. The summed E-state index contributed by atoms with van der Waals surface area (Å²) < 4.78 is 0. The lowest BCUT2D eigenvalue weighted by molar-refractivity contribution is -0.130. The third kappa shape index (κ3) is 7.75. The van der Waals surface area contributed by atoms with Gasteiger partial charge in [0, 0.05) is 25.6 Å². The van der Waals surface area contributed by atoms with Crippen LogP contribution in [0.2, 0.25) is 0 Å². The zero-order chi connectivity index (χ0) is 13.5. The maximum absolute atomic E-state index is 12.0. The van der Waals surface area contributed by atoms with Crippen LogP contribution in [0.3, 0.4) is 0 Å². The van der Waals surface area contributed by atoms with E-state index in [9.17, 15) is 4.79 Å². The van der Waals surface area contributed by atoms with Crippen LogP contribution in [-0.4, -0.2) is 29.9 Å². The first-order chi connectivity index (χ1) is 7.80. The van der Waals surface area contributed by atoms with Crippen molar-refractivity contribution in [3.63, 3.8) is 0 Å². The van der Waals surface area contributed by atoms with E-state index in [-0.39, 0.29) is 17.4 Å². The van der Waals surface area contributed by atoms with Crippen LogP contribution in [0.1, 0.15) is 33.6 Å². The molecule has 0 aliphatic heterocycles. The fourth-order valence-corrected chi connectivity index (χ4v) is 1.80. The van der Waals surface area contributed by atoms with Gasteiger partial charge in [0.2, 0.25) is 5.91 Å². The number of hydrogen-bond donors (Lipinski definition) is 1. The van der Waals surface area contributed by atoms with Gasteiger partial charge in [0.25, 0.3) is 0 Å². The number of carbonyl (C=O) groups excluding carboxylic acids is 1. The van der Waals surface area contributed by atoms with E-state index in [0.717, 1.165) is 6.42 Å². The van der Waals surface area contributed by atoms with Gasteiger partial charge in [0.1, 0.15) is 0 Å². The molecular weight excluding hydrogens is 212 g/mol. The highest BCUT2D eigenvalue weighted by molar-refractivity contribution is 5.77. The second kappa shape index (κ2) is 7.28. The summed E-state index contributed by atoms with van der Waals surface area (Å²) in [5.41, 5.74) is 6.15. The Morgan fingerprint density at radius 3 is 2.12 bits per heavy atom. The summed E-state index contributed by atoms with van der Waals surface area (Å²) in [5.74, 6) is 0.0709. The highest BCUT2D eigenvalue weighted by atomic mass is 16.2. The molecule has 1 unspecified atom stereocenters. The summed E-state index contributed by atoms with van der Waals surface area (Å²) >= 11 is 0. The molecule has 1 atom stereocenters. The van der Waals surface area contributed by atoms with E-state index in [1.807, 2.05) is 0 Å². The van der Waals surface area contributed by atoms with Crippen LogP contribution in [0.25, 0.3) is 0 Å². The van der Waals surface area contributed by atoms with Gasteiger partial charge in [-0.1, -0.05) is 32.9 Å². The summed E-state index contributed by atoms with van der Waals surface area (Å²) in [7, 11) is 0. The lowest BCUT2D eigenvalue weighted by Crippen LogP contribution is -2.37. The molecule has 0 rings (SSSR count). The maximum Gasteiger partial charge on any atom is 0.224 e. The predicted molar refractivity (Wildman–Crippen MR) is 73.6 cm³/mol. The van der Waals surface area contributed by atoms with Crippen molar-refractivity contribution in [1.82, 2.24) is 4.90 Å². The Labute approximate surface area is 105 Å². The zero-order valence-corrected chi connectivity index (χ0v) is 11.4. The number of amides is 1. The van der Waals surface area contributed by atoms with Crippen LogP contribution < -0.4 is 5.73 Å². The molecule has 1 amide bonds. The smallest absolute Gasteiger partial charge is 0.224 e. The van der Waals surface area contributed by atoms with Gasteiger partial charge in [-0.25, -0.2) is 0 Å². The van der Waals surface area contributed by atoms with E-state index in [2.05, 4.69) is 33.9 Å². The van der Waals surface area contributed by atoms with Gasteiger partial charge in [0.15, 0.2) is 0 Å². The maximum atomic E-state index is 12.0. The van der Waals surface area contributed by atoms with Crippen molar-refractivity contribution in [2.45, 2.75) is 39.7 Å².